The van der Waals surface area contributed by atoms with Gasteiger partial charge in [-0.3, -0.25) is 9.59 Å². The first-order valence-electron chi connectivity index (χ1n) is 11.2. The number of hydrogen-bond acceptors (Lipinski definition) is 7. The number of dihydropyridines is 1. The number of allylic oxidation sites excluding steroid dienone is 3. The molecule has 8 nitrogen and oxygen atoms in total. The maximum atomic E-state index is 13.6. The second kappa shape index (κ2) is 9.59. The normalized spacial score (nSPS) is 17.7. The summed E-state index contributed by atoms with van der Waals surface area (Å²) in [5, 5.41) is 6.21. The highest BCUT2D eigenvalue weighted by Gasteiger charge is 2.39. The van der Waals surface area contributed by atoms with E-state index in [1.54, 1.807) is 24.4 Å². The number of Topliss-reactive ketones (excluding diaryl/α,β-unsaturated/α-hetero) is 1. The van der Waals surface area contributed by atoms with Crippen molar-refractivity contribution < 1.29 is 23.8 Å². The van der Waals surface area contributed by atoms with Crippen LogP contribution in [-0.2, 0) is 9.59 Å². The average Bonchev–Trinajstić information content (AvgIpc) is 2.83. The molecule has 0 spiro atoms. The van der Waals surface area contributed by atoms with Crippen molar-refractivity contribution in [3.05, 3.63) is 64.1 Å². The van der Waals surface area contributed by atoms with Gasteiger partial charge in [-0.15, -0.1) is 0 Å². The molecule has 178 valence electrons. The lowest BCUT2D eigenvalue weighted by atomic mass is 9.75. The Morgan fingerprint density at radius 1 is 1.06 bits per heavy atom. The Kier molecular flexibility index (Phi) is 6.58. The largest absolute Gasteiger partial charge is 0.493 e. The maximum Gasteiger partial charge on any atom is 0.255 e. The number of nitrogens with one attached hydrogen (secondary N) is 2. The number of nitrogens with zero attached hydrogens (tertiary/aromatic N) is 1. The second-order valence-electron chi connectivity index (χ2n) is 8.40. The number of aromatic nitrogens is 1. The molecule has 1 aliphatic carbocycles. The number of amides is 1. The molecule has 0 bridgehead atoms. The first kappa shape index (κ1) is 23.4. The molecule has 2 heterocycles. The number of hydrogen-bond donors (Lipinski definition) is 2. The molecule has 1 atom stereocenters. The van der Waals surface area contributed by atoms with Gasteiger partial charge in [0.05, 0.1) is 21.3 Å². The van der Waals surface area contributed by atoms with Crippen LogP contribution in [0.25, 0.3) is 0 Å². The van der Waals surface area contributed by atoms with Gasteiger partial charge in [0.2, 0.25) is 5.75 Å². The Labute approximate surface area is 199 Å². The zero-order chi connectivity index (χ0) is 24.4. The average molecular weight is 464 g/mol. The van der Waals surface area contributed by atoms with E-state index in [0.717, 1.165) is 24.1 Å². The van der Waals surface area contributed by atoms with E-state index in [1.807, 2.05) is 19.9 Å². The van der Waals surface area contributed by atoms with Crippen LogP contribution in [0.4, 0.5) is 5.82 Å². The number of methoxy groups -OCH3 is 3. The Morgan fingerprint density at radius 2 is 1.76 bits per heavy atom. The predicted octanol–water partition coefficient (Wildman–Crippen LogP) is 4.02. The molecule has 1 aromatic heterocycles. The van der Waals surface area contributed by atoms with Gasteiger partial charge < -0.3 is 24.8 Å². The SMILES string of the molecule is COc1cc([C@H]2C(C(=O)Nc3ccc(C)cn3)=C(C)NC3=C2C(=O)CCC3)cc(OC)c1OC. The summed E-state index contributed by atoms with van der Waals surface area (Å²) >= 11 is 0. The fourth-order valence-corrected chi connectivity index (χ4v) is 4.61. The van der Waals surface area contributed by atoms with Crippen molar-refractivity contribution >= 4 is 17.5 Å². The van der Waals surface area contributed by atoms with Gasteiger partial charge in [-0.2, -0.15) is 0 Å². The molecule has 4 rings (SSSR count). The quantitative estimate of drug-likeness (QED) is 0.668. The van der Waals surface area contributed by atoms with Crippen LogP contribution in [0.15, 0.2) is 53.0 Å². The van der Waals surface area contributed by atoms with E-state index in [4.69, 9.17) is 14.2 Å². The molecule has 2 aromatic rings. The highest BCUT2D eigenvalue weighted by molar-refractivity contribution is 6.09. The summed E-state index contributed by atoms with van der Waals surface area (Å²) in [5.41, 5.74) is 4.30. The number of anilines is 1. The van der Waals surface area contributed by atoms with Crippen LogP contribution in [0.1, 0.15) is 43.2 Å². The monoisotopic (exact) mass is 463 g/mol. The van der Waals surface area contributed by atoms with Crippen molar-refractivity contribution in [1.82, 2.24) is 10.3 Å². The van der Waals surface area contributed by atoms with Crippen LogP contribution in [0.2, 0.25) is 0 Å². The van der Waals surface area contributed by atoms with E-state index in [1.165, 1.54) is 21.3 Å². The van der Waals surface area contributed by atoms with Crippen LogP contribution in [0.3, 0.4) is 0 Å². The third kappa shape index (κ3) is 4.23. The Bertz CT molecular complexity index is 1170. The standard InChI is InChI=1S/C26H29N3O5/c1-14-9-10-21(27-13-14)29-26(31)22-15(2)28-17-7-6-8-18(30)24(17)23(22)16-11-19(32-3)25(34-5)20(12-16)33-4/h9-13,23,28H,6-8H2,1-5H3,(H,27,29,31)/t23-/m0/s1. The molecule has 34 heavy (non-hydrogen) atoms. The highest BCUT2D eigenvalue weighted by Crippen LogP contribution is 2.47. The van der Waals surface area contributed by atoms with Gasteiger partial charge in [0, 0.05) is 41.1 Å². The van der Waals surface area contributed by atoms with Crippen LogP contribution in [0, 0.1) is 6.92 Å². The summed E-state index contributed by atoms with van der Waals surface area (Å²) in [6.07, 6.45) is 3.65. The molecule has 0 saturated carbocycles. The number of carbonyl (C=O) groups excluding carboxylic acids is 2. The number of rotatable bonds is 6. The number of benzene rings is 1. The van der Waals surface area contributed by atoms with E-state index in [2.05, 4.69) is 15.6 Å². The molecule has 1 aliphatic heterocycles. The number of carbonyl (C=O) groups is 2. The van der Waals surface area contributed by atoms with Crippen molar-refractivity contribution in [1.29, 1.82) is 0 Å². The zero-order valence-electron chi connectivity index (χ0n) is 20.1. The Morgan fingerprint density at radius 3 is 2.35 bits per heavy atom. The molecule has 0 fully saturated rings. The fraction of sp³-hybridized carbons (Fsp3) is 0.346. The van der Waals surface area contributed by atoms with Gasteiger partial charge >= 0.3 is 0 Å². The third-order valence-electron chi connectivity index (χ3n) is 6.19. The lowest BCUT2D eigenvalue weighted by Crippen LogP contribution is -2.35. The van der Waals surface area contributed by atoms with Gasteiger partial charge in [-0.25, -0.2) is 4.98 Å². The number of ketones is 1. The Balaban J connectivity index is 1.86. The molecule has 1 aromatic carbocycles. The van der Waals surface area contributed by atoms with Crippen molar-refractivity contribution in [3.8, 4) is 17.2 Å². The molecule has 0 radical (unpaired) electrons. The van der Waals surface area contributed by atoms with Crippen LogP contribution in [0.5, 0.6) is 17.2 Å². The van der Waals surface area contributed by atoms with Gasteiger partial charge in [0.15, 0.2) is 17.3 Å². The number of pyridine rings is 1. The minimum atomic E-state index is -0.594. The van der Waals surface area contributed by atoms with E-state index in [9.17, 15) is 9.59 Å². The van der Waals surface area contributed by atoms with E-state index >= 15 is 0 Å². The molecular formula is C26H29N3O5. The van der Waals surface area contributed by atoms with E-state index < -0.39 is 5.92 Å². The van der Waals surface area contributed by atoms with Crippen molar-refractivity contribution in [2.45, 2.75) is 39.0 Å². The van der Waals surface area contributed by atoms with E-state index in [0.29, 0.717) is 51.9 Å². The molecule has 0 saturated heterocycles. The van der Waals surface area contributed by atoms with Gasteiger partial charge in [0.1, 0.15) is 5.82 Å². The lowest BCUT2D eigenvalue weighted by molar-refractivity contribution is -0.116. The smallest absolute Gasteiger partial charge is 0.255 e. The van der Waals surface area contributed by atoms with Crippen LogP contribution in [-0.4, -0.2) is 38.0 Å². The number of aryl methyl sites for hydroxylation is 1. The van der Waals surface area contributed by atoms with Crippen LogP contribution >= 0.6 is 0 Å². The summed E-state index contributed by atoms with van der Waals surface area (Å²) in [5.74, 6) is 0.903. The van der Waals surface area contributed by atoms with Gasteiger partial charge in [-0.1, -0.05) is 6.07 Å². The minimum Gasteiger partial charge on any atom is -0.493 e. The molecule has 0 unspecified atom stereocenters. The summed E-state index contributed by atoms with van der Waals surface area (Å²) in [6, 6.07) is 7.23. The molecule has 8 heteroatoms. The summed E-state index contributed by atoms with van der Waals surface area (Å²) in [7, 11) is 4.61. The highest BCUT2D eigenvalue weighted by atomic mass is 16.5. The summed E-state index contributed by atoms with van der Waals surface area (Å²) in [4.78, 5) is 31.1. The molecule has 1 amide bonds. The van der Waals surface area contributed by atoms with E-state index in [-0.39, 0.29) is 11.7 Å². The predicted molar refractivity (Wildman–Crippen MR) is 128 cm³/mol. The second-order valence-corrected chi connectivity index (χ2v) is 8.40. The maximum absolute atomic E-state index is 13.6. The van der Waals surface area contributed by atoms with Crippen molar-refractivity contribution in [2.24, 2.45) is 0 Å². The first-order chi connectivity index (χ1) is 16.4. The molecule has 2 N–H and O–H groups in total. The molecular weight excluding hydrogens is 434 g/mol. The van der Waals surface area contributed by atoms with Gasteiger partial charge in [0.25, 0.3) is 5.91 Å². The summed E-state index contributed by atoms with van der Waals surface area (Å²) in [6.45, 7) is 3.78. The fourth-order valence-electron chi connectivity index (χ4n) is 4.61. The Hall–Kier alpha value is -3.81. The first-order valence-corrected chi connectivity index (χ1v) is 11.2. The van der Waals surface area contributed by atoms with Gasteiger partial charge in [-0.05, 0) is 56.0 Å². The third-order valence-corrected chi connectivity index (χ3v) is 6.19. The van der Waals surface area contributed by atoms with Crippen molar-refractivity contribution in [2.75, 3.05) is 26.6 Å². The van der Waals surface area contributed by atoms with Crippen LogP contribution < -0.4 is 24.8 Å². The number of ether oxygens (including phenoxy) is 3. The van der Waals surface area contributed by atoms with Crippen molar-refractivity contribution in [3.63, 3.8) is 0 Å². The molecule has 2 aliphatic rings. The minimum absolute atomic E-state index is 0.0266. The summed E-state index contributed by atoms with van der Waals surface area (Å²) < 4.78 is 16.6. The zero-order valence-corrected chi connectivity index (χ0v) is 20.1. The lowest BCUT2D eigenvalue weighted by Gasteiger charge is -2.34. The topological polar surface area (TPSA) is 98.8 Å².